The van der Waals surface area contributed by atoms with E-state index in [0.717, 1.165) is 39.8 Å². The maximum atomic E-state index is 13.2. The van der Waals surface area contributed by atoms with Crippen molar-refractivity contribution in [3.05, 3.63) is 85.1 Å². The first kappa shape index (κ1) is 19.9. The third-order valence-electron chi connectivity index (χ3n) is 5.16. The number of rotatable bonds is 3. The molecule has 1 aromatic carbocycles. The molecule has 0 aliphatic heterocycles. The van der Waals surface area contributed by atoms with Gasteiger partial charge in [0.05, 0.1) is 17.5 Å². The molecule has 4 aromatic heterocycles. The van der Waals surface area contributed by atoms with Gasteiger partial charge in [-0.1, -0.05) is 12.1 Å². The molecule has 0 amide bonds. The van der Waals surface area contributed by atoms with Gasteiger partial charge in [-0.15, -0.1) is 0 Å². The highest BCUT2D eigenvalue weighted by atomic mass is 19.4. The number of halogens is 3. The molecule has 0 saturated heterocycles. The van der Waals surface area contributed by atoms with E-state index in [2.05, 4.69) is 20.1 Å². The molecule has 0 fully saturated rings. The van der Waals surface area contributed by atoms with Crippen LogP contribution in [-0.4, -0.2) is 24.7 Å². The van der Waals surface area contributed by atoms with Crippen molar-refractivity contribution in [1.82, 2.24) is 24.7 Å². The Balaban J connectivity index is 1.69. The third kappa shape index (κ3) is 3.71. The maximum Gasteiger partial charge on any atom is 0.416 e. The predicted octanol–water partition coefficient (Wildman–Crippen LogP) is 5.78. The summed E-state index contributed by atoms with van der Waals surface area (Å²) in [6, 6.07) is 12.6. The first-order chi connectivity index (χ1) is 15.4. The number of nitrogens with zero attached hydrogens (tertiary/aromatic N) is 5. The molecular formula is C24H16F3N5. The molecule has 4 heterocycles. The Morgan fingerprint density at radius 1 is 0.844 bits per heavy atom. The number of hydrogen-bond donors (Lipinski definition) is 0. The van der Waals surface area contributed by atoms with Crippen LogP contribution in [-0.2, 0) is 13.2 Å². The lowest BCUT2D eigenvalue weighted by Crippen LogP contribution is -2.04. The molecule has 8 heteroatoms. The average molecular weight is 431 g/mol. The van der Waals surface area contributed by atoms with Crippen LogP contribution in [0.4, 0.5) is 13.2 Å². The van der Waals surface area contributed by atoms with E-state index < -0.39 is 11.7 Å². The van der Waals surface area contributed by atoms with Crippen molar-refractivity contribution < 1.29 is 13.2 Å². The fourth-order valence-electron chi connectivity index (χ4n) is 3.61. The zero-order valence-electron chi connectivity index (χ0n) is 16.9. The fourth-order valence-corrected chi connectivity index (χ4v) is 3.61. The summed E-state index contributed by atoms with van der Waals surface area (Å²) in [6.45, 7) is 0. The number of benzene rings is 1. The number of fused-ring (bicyclic) bond motifs is 1. The lowest BCUT2D eigenvalue weighted by Gasteiger charge is -2.12. The third-order valence-corrected chi connectivity index (χ3v) is 5.16. The molecule has 0 N–H and O–H groups in total. The Kier molecular flexibility index (Phi) is 4.70. The Morgan fingerprint density at radius 2 is 1.69 bits per heavy atom. The van der Waals surface area contributed by atoms with Gasteiger partial charge in [0.2, 0.25) is 0 Å². The van der Waals surface area contributed by atoms with Gasteiger partial charge >= 0.3 is 6.18 Å². The molecule has 0 aliphatic carbocycles. The van der Waals surface area contributed by atoms with Crippen LogP contribution in [0.3, 0.4) is 0 Å². The highest BCUT2D eigenvalue weighted by Crippen LogP contribution is 2.35. The molecule has 158 valence electrons. The van der Waals surface area contributed by atoms with E-state index >= 15 is 0 Å². The monoisotopic (exact) mass is 431 g/mol. The van der Waals surface area contributed by atoms with Crippen LogP contribution in [0.2, 0.25) is 0 Å². The molecule has 0 unspecified atom stereocenters. The highest BCUT2D eigenvalue weighted by molar-refractivity contribution is 5.95. The van der Waals surface area contributed by atoms with Crippen molar-refractivity contribution >= 4 is 11.0 Å². The summed E-state index contributed by atoms with van der Waals surface area (Å²) in [7, 11) is 1.84. The Labute approximate surface area is 181 Å². The number of aromatic nitrogens is 5. The summed E-state index contributed by atoms with van der Waals surface area (Å²) in [5, 5.41) is 4.99. The zero-order chi connectivity index (χ0) is 22.3. The minimum absolute atomic E-state index is 0.366. The van der Waals surface area contributed by atoms with Crippen molar-refractivity contribution in [2.45, 2.75) is 6.18 Å². The Morgan fingerprint density at radius 3 is 2.47 bits per heavy atom. The predicted molar refractivity (Wildman–Crippen MR) is 115 cm³/mol. The largest absolute Gasteiger partial charge is 0.416 e. The van der Waals surface area contributed by atoms with E-state index in [1.807, 2.05) is 25.4 Å². The molecule has 0 atom stereocenters. The van der Waals surface area contributed by atoms with Crippen LogP contribution >= 0.6 is 0 Å². The molecule has 0 saturated carbocycles. The summed E-state index contributed by atoms with van der Waals surface area (Å²) in [5.41, 5.74) is 3.88. The normalized spacial score (nSPS) is 11.8. The quantitative estimate of drug-likeness (QED) is 0.364. The molecule has 32 heavy (non-hydrogen) atoms. The van der Waals surface area contributed by atoms with E-state index in [1.165, 1.54) is 6.07 Å². The number of aryl methyl sites for hydroxylation is 1. The second kappa shape index (κ2) is 7.56. The van der Waals surface area contributed by atoms with Gasteiger partial charge < -0.3 is 0 Å². The van der Waals surface area contributed by atoms with Gasteiger partial charge in [-0.3, -0.25) is 9.67 Å². The van der Waals surface area contributed by atoms with Gasteiger partial charge in [0, 0.05) is 59.5 Å². The summed E-state index contributed by atoms with van der Waals surface area (Å²) in [5.74, 6) is 0. The van der Waals surface area contributed by atoms with E-state index in [9.17, 15) is 13.2 Å². The molecule has 0 bridgehead atoms. The number of pyridine rings is 3. The summed E-state index contributed by atoms with van der Waals surface area (Å²) in [6.07, 6.45) is 4.28. The van der Waals surface area contributed by atoms with Gasteiger partial charge in [-0.05, 0) is 42.0 Å². The first-order valence-electron chi connectivity index (χ1n) is 9.76. The van der Waals surface area contributed by atoms with Crippen LogP contribution in [0.1, 0.15) is 5.56 Å². The smallest absolute Gasteiger partial charge is 0.275 e. The Hall–Kier alpha value is -4.07. The molecular weight excluding hydrogens is 415 g/mol. The average Bonchev–Trinajstić information content (AvgIpc) is 3.24. The Bertz CT molecular complexity index is 1440. The molecule has 0 radical (unpaired) electrons. The number of alkyl halides is 3. The number of hydrogen-bond acceptors (Lipinski definition) is 4. The van der Waals surface area contributed by atoms with Crippen molar-refractivity contribution in [2.24, 2.45) is 7.05 Å². The molecule has 5 nitrogen and oxygen atoms in total. The lowest BCUT2D eigenvalue weighted by molar-refractivity contribution is -0.137. The van der Waals surface area contributed by atoms with E-state index in [-0.39, 0.29) is 0 Å². The summed E-state index contributed by atoms with van der Waals surface area (Å²) < 4.78 is 41.4. The van der Waals surface area contributed by atoms with Gasteiger partial charge in [0.25, 0.3) is 0 Å². The molecule has 0 aliphatic rings. The van der Waals surface area contributed by atoms with Crippen molar-refractivity contribution in [3.63, 3.8) is 0 Å². The maximum absolute atomic E-state index is 13.2. The summed E-state index contributed by atoms with van der Waals surface area (Å²) in [4.78, 5) is 13.2. The minimum atomic E-state index is -4.43. The van der Waals surface area contributed by atoms with Crippen molar-refractivity contribution in [2.75, 3.05) is 0 Å². The molecule has 5 aromatic rings. The summed E-state index contributed by atoms with van der Waals surface area (Å²) >= 11 is 0. The van der Waals surface area contributed by atoms with Gasteiger partial charge in [-0.25, -0.2) is 9.97 Å². The fraction of sp³-hybridized carbons (Fsp3) is 0.0833. The van der Waals surface area contributed by atoms with E-state index in [0.29, 0.717) is 16.9 Å². The van der Waals surface area contributed by atoms with Crippen LogP contribution in [0.25, 0.3) is 44.5 Å². The van der Waals surface area contributed by atoms with Gasteiger partial charge in [0.1, 0.15) is 0 Å². The minimum Gasteiger partial charge on any atom is -0.275 e. The van der Waals surface area contributed by atoms with E-state index in [4.69, 9.17) is 0 Å². The zero-order valence-corrected chi connectivity index (χ0v) is 16.9. The van der Waals surface area contributed by atoms with Gasteiger partial charge in [0.15, 0.2) is 5.65 Å². The standard InChI is InChI=1S/C24H16F3N5/c1-32-14-18(13-30-32)16-8-17(12-28-11-16)21-10-22(31-23-20(21)6-3-7-29-23)15-4-2-5-19(9-15)24(25,26)27/h2-14H,1H3. The SMILES string of the molecule is Cn1cc(-c2cncc(-c3cc(-c4cccc(C(F)(F)F)c4)nc4ncccc34)c2)cn1. The van der Waals surface area contributed by atoms with Crippen LogP contribution in [0, 0.1) is 0 Å². The molecule has 5 rings (SSSR count). The molecule has 0 spiro atoms. The van der Waals surface area contributed by atoms with Crippen LogP contribution < -0.4 is 0 Å². The lowest BCUT2D eigenvalue weighted by atomic mass is 9.98. The second-order valence-corrected chi connectivity index (χ2v) is 7.37. The second-order valence-electron chi connectivity index (χ2n) is 7.37. The van der Waals surface area contributed by atoms with Crippen LogP contribution in [0.5, 0.6) is 0 Å². The topological polar surface area (TPSA) is 56.5 Å². The van der Waals surface area contributed by atoms with Gasteiger partial charge in [-0.2, -0.15) is 18.3 Å². The highest BCUT2D eigenvalue weighted by Gasteiger charge is 2.30. The van der Waals surface area contributed by atoms with Crippen LogP contribution in [0.15, 0.2) is 79.5 Å². The van der Waals surface area contributed by atoms with Crippen molar-refractivity contribution in [1.29, 1.82) is 0 Å². The first-order valence-corrected chi connectivity index (χ1v) is 9.76. The van der Waals surface area contributed by atoms with E-state index in [1.54, 1.807) is 47.7 Å². The van der Waals surface area contributed by atoms with Crippen molar-refractivity contribution in [3.8, 4) is 33.5 Å².